The summed E-state index contributed by atoms with van der Waals surface area (Å²) in [5.41, 5.74) is -0.915. The third-order valence-electron chi connectivity index (χ3n) is 2.39. The normalized spacial score (nSPS) is 14.8. The Balaban J connectivity index is 5.00. The minimum absolute atomic E-state index is 0.117. The molecule has 0 aromatic carbocycles. The van der Waals surface area contributed by atoms with Crippen molar-refractivity contribution < 1.29 is 27.9 Å². The fourth-order valence-electron chi connectivity index (χ4n) is 1.74. The van der Waals surface area contributed by atoms with Gasteiger partial charge >= 0.3 is 13.6 Å². The molecular formula is C12H23O6P. The minimum atomic E-state index is -3.52. The van der Waals surface area contributed by atoms with E-state index in [2.05, 4.69) is 0 Å². The van der Waals surface area contributed by atoms with Gasteiger partial charge in [0.15, 0.2) is 0 Å². The van der Waals surface area contributed by atoms with E-state index in [1.807, 2.05) is 0 Å². The van der Waals surface area contributed by atoms with Crippen LogP contribution in [0.15, 0.2) is 0 Å². The maximum atomic E-state index is 12.6. The van der Waals surface area contributed by atoms with Crippen molar-refractivity contribution in [2.24, 2.45) is 0 Å². The zero-order valence-corrected chi connectivity index (χ0v) is 13.1. The van der Waals surface area contributed by atoms with Gasteiger partial charge in [-0.25, -0.2) is 0 Å². The van der Waals surface area contributed by atoms with Gasteiger partial charge in [0, 0.05) is 13.3 Å². The lowest BCUT2D eigenvalue weighted by Gasteiger charge is -2.26. The van der Waals surface area contributed by atoms with E-state index in [-0.39, 0.29) is 25.4 Å². The van der Waals surface area contributed by atoms with Crippen LogP contribution in [0.25, 0.3) is 0 Å². The molecule has 0 aliphatic rings. The van der Waals surface area contributed by atoms with Crippen LogP contribution in [-0.4, -0.2) is 36.7 Å². The Bertz CT molecular complexity index is 344. The van der Waals surface area contributed by atoms with E-state index >= 15 is 0 Å². The van der Waals surface area contributed by atoms with Crippen molar-refractivity contribution >= 4 is 19.3 Å². The number of ether oxygens (including phenoxy) is 1. The third-order valence-corrected chi connectivity index (χ3v) is 4.97. The summed E-state index contributed by atoms with van der Waals surface area (Å²) < 4.78 is 27.9. The highest BCUT2D eigenvalue weighted by Crippen LogP contribution is 2.54. The molecule has 0 saturated carbocycles. The van der Waals surface area contributed by atoms with Crippen molar-refractivity contribution in [1.29, 1.82) is 0 Å². The lowest BCUT2D eigenvalue weighted by Crippen LogP contribution is -2.27. The van der Waals surface area contributed by atoms with Gasteiger partial charge < -0.3 is 13.8 Å². The molecule has 2 atom stereocenters. The second kappa shape index (κ2) is 8.46. The molecule has 0 aromatic heterocycles. The molecule has 0 heterocycles. The van der Waals surface area contributed by atoms with Gasteiger partial charge in [-0.05, 0) is 27.7 Å². The first kappa shape index (κ1) is 18.3. The first-order valence-electron chi connectivity index (χ1n) is 6.33. The van der Waals surface area contributed by atoms with Gasteiger partial charge in [0.25, 0.3) is 0 Å². The highest BCUT2D eigenvalue weighted by molar-refractivity contribution is 7.55. The Labute approximate surface area is 114 Å². The second-order valence-corrected chi connectivity index (χ2v) is 6.38. The van der Waals surface area contributed by atoms with Crippen molar-refractivity contribution in [2.45, 2.75) is 52.8 Å². The van der Waals surface area contributed by atoms with Crippen molar-refractivity contribution in [3.63, 3.8) is 0 Å². The van der Waals surface area contributed by atoms with Crippen LogP contribution in [0.4, 0.5) is 0 Å². The summed E-state index contributed by atoms with van der Waals surface area (Å²) in [4.78, 5) is 22.6. The van der Waals surface area contributed by atoms with Gasteiger partial charge in [-0.2, -0.15) is 0 Å². The van der Waals surface area contributed by atoms with Crippen LogP contribution < -0.4 is 0 Å². The summed E-state index contributed by atoms with van der Waals surface area (Å²) in [7, 11) is -3.52. The molecular weight excluding hydrogens is 271 g/mol. The topological polar surface area (TPSA) is 78.9 Å². The molecule has 0 aliphatic heterocycles. The molecule has 0 aliphatic carbocycles. The average Bonchev–Trinajstić information content (AvgIpc) is 2.25. The van der Waals surface area contributed by atoms with Crippen LogP contribution in [0.1, 0.15) is 41.0 Å². The van der Waals surface area contributed by atoms with Crippen LogP contribution in [0, 0.1) is 0 Å². The summed E-state index contributed by atoms with van der Waals surface area (Å²) in [5.74, 6) is -0.748. The number of ketones is 1. The lowest BCUT2D eigenvalue weighted by atomic mass is 10.1. The van der Waals surface area contributed by atoms with Crippen LogP contribution in [0.3, 0.4) is 0 Å². The predicted octanol–water partition coefficient (Wildman–Crippen LogP) is 2.55. The standard InChI is InChI=1S/C12H23O6P/c1-6-16-19(15,17-7-2)12(10(4)13)8-9(3)18-11(5)14/h9,12H,6-8H2,1-5H3. The molecule has 0 N–H and O–H groups in total. The number of hydrogen-bond acceptors (Lipinski definition) is 6. The third kappa shape index (κ3) is 6.32. The fourth-order valence-corrected chi connectivity index (χ4v) is 3.90. The van der Waals surface area contributed by atoms with Gasteiger partial charge in [-0.3, -0.25) is 14.2 Å². The summed E-state index contributed by atoms with van der Waals surface area (Å²) >= 11 is 0. The largest absolute Gasteiger partial charge is 0.463 e. The van der Waals surface area contributed by atoms with Gasteiger partial charge in [-0.15, -0.1) is 0 Å². The molecule has 0 spiro atoms. The number of carbonyl (C=O) groups is 2. The van der Waals surface area contributed by atoms with E-state index in [9.17, 15) is 14.2 Å². The van der Waals surface area contributed by atoms with Crippen LogP contribution in [0.2, 0.25) is 0 Å². The molecule has 0 bridgehead atoms. The highest BCUT2D eigenvalue weighted by Gasteiger charge is 2.40. The van der Waals surface area contributed by atoms with Gasteiger partial charge in [-0.1, -0.05) is 0 Å². The fraction of sp³-hybridized carbons (Fsp3) is 0.833. The SMILES string of the molecule is CCOP(=O)(OCC)C(CC(C)OC(C)=O)C(C)=O. The Kier molecular flexibility index (Phi) is 8.14. The molecule has 0 aromatic rings. The lowest BCUT2D eigenvalue weighted by molar-refractivity contribution is -0.146. The summed E-state index contributed by atoms with van der Waals surface area (Å²) in [6.45, 7) is 7.97. The van der Waals surface area contributed by atoms with Crippen LogP contribution in [-0.2, 0) is 27.9 Å². The molecule has 6 nitrogen and oxygen atoms in total. The molecule has 0 fully saturated rings. The van der Waals surface area contributed by atoms with Gasteiger partial charge in [0.05, 0.1) is 13.2 Å². The molecule has 0 rings (SSSR count). The Hall–Kier alpha value is -0.710. The minimum Gasteiger partial charge on any atom is -0.463 e. The maximum Gasteiger partial charge on any atom is 0.341 e. The van der Waals surface area contributed by atoms with Crippen molar-refractivity contribution in [3.05, 3.63) is 0 Å². The zero-order chi connectivity index (χ0) is 15.1. The highest BCUT2D eigenvalue weighted by atomic mass is 31.2. The van der Waals surface area contributed by atoms with Crippen LogP contribution >= 0.6 is 7.60 Å². The average molecular weight is 294 g/mol. The summed E-state index contributed by atoms with van der Waals surface area (Å²) in [6, 6.07) is 0. The van der Waals surface area contributed by atoms with Crippen LogP contribution in [0.5, 0.6) is 0 Å². The summed E-state index contributed by atoms with van der Waals surface area (Å²) in [5, 5.41) is 0. The zero-order valence-electron chi connectivity index (χ0n) is 12.2. The number of Topliss-reactive ketones (excluding diaryl/α,β-unsaturated/α-hetero) is 1. The number of carbonyl (C=O) groups excluding carboxylic acids is 2. The monoisotopic (exact) mass is 294 g/mol. The summed E-state index contributed by atoms with van der Waals surface area (Å²) in [6.07, 6.45) is -0.410. The Morgan fingerprint density at radius 1 is 1.11 bits per heavy atom. The van der Waals surface area contributed by atoms with Gasteiger partial charge in [0.2, 0.25) is 0 Å². The van der Waals surface area contributed by atoms with Crippen molar-refractivity contribution in [1.82, 2.24) is 0 Å². The van der Waals surface area contributed by atoms with Gasteiger partial charge in [0.1, 0.15) is 17.5 Å². The molecule has 7 heteroatoms. The molecule has 0 amide bonds. The quantitative estimate of drug-likeness (QED) is 0.480. The van der Waals surface area contributed by atoms with E-state index in [0.717, 1.165) is 0 Å². The first-order valence-corrected chi connectivity index (χ1v) is 7.94. The maximum absolute atomic E-state index is 12.6. The molecule has 19 heavy (non-hydrogen) atoms. The molecule has 0 radical (unpaired) electrons. The van der Waals surface area contributed by atoms with E-state index < -0.39 is 25.3 Å². The van der Waals surface area contributed by atoms with E-state index in [0.29, 0.717) is 0 Å². The first-order chi connectivity index (χ1) is 8.76. The molecule has 112 valence electrons. The number of rotatable bonds is 9. The number of esters is 1. The molecule has 0 saturated heterocycles. The van der Waals surface area contributed by atoms with E-state index in [1.54, 1.807) is 20.8 Å². The van der Waals surface area contributed by atoms with Crippen molar-refractivity contribution in [2.75, 3.05) is 13.2 Å². The Morgan fingerprint density at radius 3 is 1.89 bits per heavy atom. The Morgan fingerprint density at radius 2 is 1.58 bits per heavy atom. The predicted molar refractivity (Wildman–Crippen MR) is 71.2 cm³/mol. The van der Waals surface area contributed by atoms with E-state index in [4.69, 9.17) is 13.8 Å². The van der Waals surface area contributed by atoms with Crippen molar-refractivity contribution in [3.8, 4) is 0 Å². The second-order valence-electron chi connectivity index (χ2n) is 4.16. The number of hydrogen-bond donors (Lipinski definition) is 0. The smallest absolute Gasteiger partial charge is 0.341 e. The molecule has 2 unspecified atom stereocenters. The van der Waals surface area contributed by atoms with E-state index in [1.165, 1.54) is 13.8 Å².